The van der Waals surface area contributed by atoms with Crippen molar-refractivity contribution in [3.05, 3.63) is 36.3 Å². The van der Waals surface area contributed by atoms with Crippen LogP contribution < -0.4 is 5.32 Å². The number of nitrogens with one attached hydrogen (secondary N) is 2. The van der Waals surface area contributed by atoms with Gasteiger partial charge in [-0.2, -0.15) is 5.10 Å². The minimum Gasteiger partial charge on any atom is -0.310 e. The fourth-order valence-electron chi connectivity index (χ4n) is 3.24. The number of hydrogen-bond acceptors (Lipinski definition) is 3. The third-order valence-corrected chi connectivity index (χ3v) is 4.58. The van der Waals surface area contributed by atoms with Gasteiger partial charge in [-0.25, -0.2) is 0 Å². The Kier molecular flexibility index (Phi) is 4.65. The molecular formula is C17H24N4. The third-order valence-electron chi connectivity index (χ3n) is 4.58. The zero-order valence-corrected chi connectivity index (χ0v) is 12.7. The molecule has 2 atom stereocenters. The Morgan fingerprint density at radius 1 is 1.24 bits per heavy atom. The van der Waals surface area contributed by atoms with Gasteiger partial charge in [0.1, 0.15) is 0 Å². The molecule has 21 heavy (non-hydrogen) atoms. The number of hydrogen-bond donors (Lipinski definition) is 2. The maximum absolute atomic E-state index is 4.21. The highest BCUT2D eigenvalue weighted by Gasteiger charge is 2.19. The van der Waals surface area contributed by atoms with E-state index in [0.29, 0.717) is 6.04 Å². The van der Waals surface area contributed by atoms with Gasteiger partial charge in [0.15, 0.2) is 0 Å². The molecule has 0 radical (unpaired) electrons. The summed E-state index contributed by atoms with van der Waals surface area (Å²) in [5, 5.41) is 11.1. The van der Waals surface area contributed by atoms with E-state index in [0.717, 1.165) is 23.7 Å². The molecule has 2 aromatic rings. The molecule has 1 fully saturated rings. The van der Waals surface area contributed by atoms with Gasteiger partial charge < -0.3 is 5.32 Å². The van der Waals surface area contributed by atoms with E-state index in [1.807, 2.05) is 18.5 Å². The summed E-state index contributed by atoms with van der Waals surface area (Å²) < 4.78 is 0. The second-order valence-corrected chi connectivity index (χ2v) is 6.11. The van der Waals surface area contributed by atoms with E-state index in [1.165, 1.54) is 37.7 Å². The van der Waals surface area contributed by atoms with Crippen LogP contribution in [0.4, 0.5) is 0 Å². The van der Waals surface area contributed by atoms with Crippen LogP contribution in [0.25, 0.3) is 11.3 Å². The molecule has 0 amide bonds. The number of nitrogens with zero attached hydrogens (tertiary/aromatic N) is 2. The summed E-state index contributed by atoms with van der Waals surface area (Å²) in [5.41, 5.74) is 3.40. The van der Waals surface area contributed by atoms with Crippen molar-refractivity contribution < 1.29 is 0 Å². The van der Waals surface area contributed by atoms with Crippen molar-refractivity contribution in [1.29, 1.82) is 0 Å². The highest BCUT2D eigenvalue weighted by atomic mass is 15.1. The number of H-pyrrole nitrogens is 1. The van der Waals surface area contributed by atoms with Crippen LogP contribution in [0.2, 0.25) is 0 Å². The van der Waals surface area contributed by atoms with E-state index in [2.05, 4.69) is 33.5 Å². The smallest absolute Gasteiger partial charge is 0.0710 e. The molecule has 2 N–H and O–H groups in total. The van der Waals surface area contributed by atoms with Crippen molar-refractivity contribution in [3.63, 3.8) is 0 Å². The lowest BCUT2D eigenvalue weighted by Gasteiger charge is -2.22. The van der Waals surface area contributed by atoms with Crippen molar-refractivity contribution in [2.75, 3.05) is 0 Å². The van der Waals surface area contributed by atoms with Crippen molar-refractivity contribution in [1.82, 2.24) is 20.5 Å². The van der Waals surface area contributed by atoms with E-state index in [9.17, 15) is 0 Å². The minimum atomic E-state index is 0.629. The monoisotopic (exact) mass is 284 g/mol. The first-order chi connectivity index (χ1) is 10.3. The van der Waals surface area contributed by atoms with Gasteiger partial charge in [0.2, 0.25) is 0 Å². The molecule has 0 saturated heterocycles. The molecule has 2 aromatic heterocycles. The van der Waals surface area contributed by atoms with Gasteiger partial charge in [0, 0.05) is 36.1 Å². The van der Waals surface area contributed by atoms with Crippen LogP contribution in [-0.2, 0) is 6.54 Å². The van der Waals surface area contributed by atoms with Crippen LogP contribution in [-0.4, -0.2) is 21.2 Å². The summed E-state index contributed by atoms with van der Waals surface area (Å²) >= 11 is 0. The zero-order chi connectivity index (χ0) is 14.5. The first-order valence-corrected chi connectivity index (χ1v) is 8.00. The predicted octanol–water partition coefficient (Wildman–Crippen LogP) is 3.53. The van der Waals surface area contributed by atoms with Gasteiger partial charge in [-0.1, -0.05) is 26.2 Å². The average molecular weight is 284 g/mol. The van der Waals surface area contributed by atoms with Gasteiger partial charge in [0.05, 0.1) is 11.9 Å². The fourth-order valence-corrected chi connectivity index (χ4v) is 3.24. The van der Waals surface area contributed by atoms with Crippen LogP contribution in [0.15, 0.2) is 30.7 Å². The quantitative estimate of drug-likeness (QED) is 0.844. The number of aromatic amines is 1. The Bertz CT molecular complexity index is 549. The second-order valence-electron chi connectivity index (χ2n) is 6.11. The molecule has 1 aliphatic rings. The lowest BCUT2D eigenvalue weighted by molar-refractivity contribution is 0.356. The van der Waals surface area contributed by atoms with Crippen LogP contribution in [0.1, 0.15) is 44.6 Å². The number of rotatable bonds is 4. The molecule has 0 aliphatic heterocycles. The fraction of sp³-hybridized carbons (Fsp3) is 0.529. The van der Waals surface area contributed by atoms with Crippen molar-refractivity contribution in [3.8, 4) is 11.3 Å². The van der Waals surface area contributed by atoms with E-state index in [1.54, 1.807) is 6.20 Å². The Morgan fingerprint density at radius 2 is 2.14 bits per heavy atom. The molecular weight excluding hydrogens is 260 g/mol. The molecule has 2 heterocycles. The van der Waals surface area contributed by atoms with E-state index < -0.39 is 0 Å². The Hall–Kier alpha value is -1.68. The first kappa shape index (κ1) is 14.3. The van der Waals surface area contributed by atoms with Gasteiger partial charge >= 0.3 is 0 Å². The second kappa shape index (κ2) is 6.85. The molecule has 0 bridgehead atoms. The summed E-state index contributed by atoms with van der Waals surface area (Å²) in [4.78, 5) is 4.19. The number of aromatic nitrogens is 3. The summed E-state index contributed by atoms with van der Waals surface area (Å²) in [7, 11) is 0. The van der Waals surface area contributed by atoms with Crippen molar-refractivity contribution in [2.24, 2.45) is 5.92 Å². The van der Waals surface area contributed by atoms with Gasteiger partial charge in [0.25, 0.3) is 0 Å². The SMILES string of the molecule is CC1CCCCCC1NCc1cn[nH]c1-c1cccnc1. The van der Waals surface area contributed by atoms with Crippen LogP contribution in [0.3, 0.4) is 0 Å². The Labute approximate surface area is 126 Å². The standard InChI is InChI=1S/C17H24N4/c1-13-6-3-2-4-8-16(13)19-11-15-12-20-21-17(15)14-7-5-9-18-10-14/h5,7,9-10,12-13,16,19H,2-4,6,8,11H2,1H3,(H,20,21). The molecule has 2 unspecified atom stereocenters. The summed E-state index contributed by atoms with van der Waals surface area (Å²) in [6.45, 7) is 3.25. The largest absolute Gasteiger partial charge is 0.310 e. The van der Waals surface area contributed by atoms with E-state index in [-0.39, 0.29) is 0 Å². The topological polar surface area (TPSA) is 53.6 Å². The molecule has 4 heteroatoms. The Morgan fingerprint density at radius 3 is 3.00 bits per heavy atom. The normalized spacial score (nSPS) is 22.9. The predicted molar refractivity (Wildman–Crippen MR) is 84.7 cm³/mol. The highest BCUT2D eigenvalue weighted by Crippen LogP contribution is 2.24. The van der Waals surface area contributed by atoms with Gasteiger partial charge in [-0.05, 0) is 30.9 Å². The molecule has 112 valence electrons. The van der Waals surface area contributed by atoms with Gasteiger partial charge in [-0.3, -0.25) is 10.1 Å². The maximum Gasteiger partial charge on any atom is 0.0710 e. The average Bonchev–Trinajstić information content (AvgIpc) is 2.89. The molecule has 4 nitrogen and oxygen atoms in total. The molecule has 3 rings (SSSR count). The van der Waals surface area contributed by atoms with Gasteiger partial charge in [-0.15, -0.1) is 0 Å². The third kappa shape index (κ3) is 3.50. The first-order valence-electron chi connectivity index (χ1n) is 8.00. The van der Waals surface area contributed by atoms with Crippen LogP contribution in [0.5, 0.6) is 0 Å². The van der Waals surface area contributed by atoms with E-state index >= 15 is 0 Å². The Balaban J connectivity index is 1.67. The highest BCUT2D eigenvalue weighted by molar-refractivity contribution is 5.61. The lowest BCUT2D eigenvalue weighted by atomic mass is 9.96. The van der Waals surface area contributed by atoms with Crippen molar-refractivity contribution >= 4 is 0 Å². The maximum atomic E-state index is 4.21. The molecule has 0 spiro atoms. The molecule has 1 saturated carbocycles. The van der Waals surface area contributed by atoms with Crippen LogP contribution >= 0.6 is 0 Å². The lowest BCUT2D eigenvalue weighted by Crippen LogP contribution is -2.33. The summed E-state index contributed by atoms with van der Waals surface area (Å²) in [6.07, 6.45) is 12.4. The van der Waals surface area contributed by atoms with Crippen molar-refractivity contribution in [2.45, 2.75) is 51.6 Å². The summed E-state index contributed by atoms with van der Waals surface area (Å²) in [5.74, 6) is 0.765. The zero-order valence-electron chi connectivity index (χ0n) is 12.7. The minimum absolute atomic E-state index is 0.629. The summed E-state index contributed by atoms with van der Waals surface area (Å²) in [6, 6.07) is 4.66. The number of pyridine rings is 1. The molecule has 1 aliphatic carbocycles. The van der Waals surface area contributed by atoms with Crippen LogP contribution in [0, 0.1) is 5.92 Å². The van der Waals surface area contributed by atoms with E-state index in [4.69, 9.17) is 0 Å². The molecule has 0 aromatic carbocycles.